The Kier molecular flexibility index (Phi) is 8.84. The summed E-state index contributed by atoms with van der Waals surface area (Å²) in [6, 6.07) is 0. The van der Waals surface area contributed by atoms with Crippen LogP contribution in [0.1, 0.15) is 112 Å². The second kappa shape index (κ2) is 10.9. The Balaban J connectivity index is 1.42. The van der Waals surface area contributed by atoms with Crippen molar-refractivity contribution in [3.8, 4) is 0 Å². The first-order valence-corrected chi connectivity index (χ1v) is 17.0. The zero-order valence-electron chi connectivity index (χ0n) is 25.3. The molecule has 0 radical (unpaired) electrons. The molecule has 36 heavy (non-hydrogen) atoms. The van der Waals surface area contributed by atoms with Gasteiger partial charge in [0, 0.05) is 0 Å². The molecule has 4 aliphatic rings. The number of hydrogen-bond acceptors (Lipinski definition) is 2. The van der Waals surface area contributed by atoms with Crippen LogP contribution in [0, 0.1) is 52.3 Å². The van der Waals surface area contributed by atoms with Crippen molar-refractivity contribution in [1.29, 1.82) is 0 Å². The van der Waals surface area contributed by atoms with Gasteiger partial charge in [0.15, 0.2) is 0 Å². The lowest BCUT2D eigenvalue weighted by molar-refractivity contribution is -0.127. The minimum atomic E-state index is -2.92. The SMILES string of the molecule is CC(C)CCCC(C)C1CCC2C3CCC4CC(OP(=O)(N(C)C)N(C)C)CCC4(C)C3CCC12C. The summed E-state index contributed by atoms with van der Waals surface area (Å²) in [5.74, 6) is 6.17. The van der Waals surface area contributed by atoms with Gasteiger partial charge < -0.3 is 4.52 Å². The van der Waals surface area contributed by atoms with Crippen molar-refractivity contribution in [2.24, 2.45) is 52.3 Å². The van der Waals surface area contributed by atoms with E-state index in [0.717, 1.165) is 54.3 Å². The van der Waals surface area contributed by atoms with Gasteiger partial charge in [-0.15, -0.1) is 0 Å². The summed E-state index contributed by atoms with van der Waals surface area (Å²) in [7, 11) is 4.63. The van der Waals surface area contributed by atoms with E-state index in [0.29, 0.717) is 10.8 Å². The maximum absolute atomic E-state index is 13.5. The van der Waals surface area contributed by atoms with Gasteiger partial charge in [0.1, 0.15) is 0 Å². The lowest BCUT2D eigenvalue weighted by Gasteiger charge is -2.61. The van der Waals surface area contributed by atoms with Crippen LogP contribution in [0.3, 0.4) is 0 Å². The molecule has 4 saturated carbocycles. The van der Waals surface area contributed by atoms with Crippen molar-refractivity contribution in [3.63, 3.8) is 0 Å². The van der Waals surface area contributed by atoms with Gasteiger partial charge >= 0.3 is 7.67 Å². The van der Waals surface area contributed by atoms with E-state index in [1.54, 1.807) is 9.34 Å². The fourth-order valence-corrected chi connectivity index (χ4v) is 11.8. The van der Waals surface area contributed by atoms with Crippen LogP contribution >= 0.6 is 7.67 Å². The molecule has 210 valence electrons. The van der Waals surface area contributed by atoms with Crippen LogP contribution in [0.15, 0.2) is 0 Å². The summed E-state index contributed by atoms with van der Waals surface area (Å²) >= 11 is 0. The Morgan fingerprint density at radius 3 is 2.11 bits per heavy atom. The van der Waals surface area contributed by atoms with Gasteiger partial charge in [-0.25, -0.2) is 9.34 Å². The Labute approximate surface area is 224 Å². The molecule has 0 aliphatic heterocycles. The third-order valence-corrected chi connectivity index (χ3v) is 14.7. The molecule has 0 aromatic rings. The molecular weight excluding hydrogens is 463 g/mol. The highest BCUT2D eigenvalue weighted by atomic mass is 31.2. The topological polar surface area (TPSA) is 32.8 Å². The number of hydrogen-bond donors (Lipinski definition) is 0. The van der Waals surface area contributed by atoms with Crippen LogP contribution in [0.4, 0.5) is 0 Å². The molecule has 4 rings (SSSR count). The largest absolute Gasteiger partial charge is 0.345 e. The quantitative estimate of drug-likeness (QED) is 0.283. The van der Waals surface area contributed by atoms with Crippen molar-refractivity contribution < 1.29 is 9.09 Å². The van der Waals surface area contributed by atoms with E-state index in [-0.39, 0.29) is 6.10 Å². The maximum Gasteiger partial charge on any atom is 0.345 e. The third kappa shape index (κ3) is 5.16. The highest BCUT2D eigenvalue weighted by Gasteiger charge is 2.60. The van der Waals surface area contributed by atoms with Crippen LogP contribution in [-0.2, 0) is 9.09 Å². The smallest absolute Gasteiger partial charge is 0.303 e. The molecule has 5 heteroatoms. The second-order valence-electron chi connectivity index (χ2n) is 14.9. The van der Waals surface area contributed by atoms with E-state index in [4.69, 9.17) is 4.52 Å². The standard InChI is InChI=1S/C31H59N2O2P/c1-22(2)11-10-12-23(3)27-15-16-28-26-14-13-24-21-25(35-36(34,32(6)7)33(8)9)17-19-30(24,4)29(26)18-20-31(27,28)5/h22-29H,10-21H2,1-9H3. The zero-order chi connectivity index (χ0) is 26.5. The maximum atomic E-state index is 13.5. The van der Waals surface area contributed by atoms with Crippen LogP contribution in [-0.4, -0.2) is 43.6 Å². The summed E-state index contributed by atoms with van der Waals surface area (Å²) in [5, 5.41) is 0. The second-order valence-corrected chi connectivity index (χ2v) is 17.7. The van der Waals surface area contributed by atoms with Crippen molar-refractivity contribution in [2.75, 3.05) is 28.2 Å². The lowest BCUT2D eigenvalue weighted by atomic mass is 9.44. The molecule has 4 nitrogen and oxygen atoms in total. The van der Waals surface area contributed by atoms with Crippen molar-refractivity contribution in [2.45, 2.75) is 118 Å². The molecule has 0 spiro atoms. The van der Waals surface area contributed by atoms with Gasteiger partial charge in [-0.3, -0.25) is 4.57 Å². The minimum absolute atomic E-state index is 0.131. The van der Waals surface area contributed by atoms with E-state index in [2.05, 4.69) is 34.6 Å². The summed E-state index contributed by atoms with van der Waals surface area (Å²) < 4.78 is 23.5. The van der Waals surface area contributed by atoms with Gasteiger partial charge in [-0.1, -0.05) is 53.9 Å². The number of rotatable bonds is 9. The van der Waals surface area contributed by atoms with Crippen molar-refractivity contribution in [3.05, 3.63) is 0 Å². The Morgan fingerprint density at radius 2 is 1.47 bits per heavy atom. The molecule has 0 heterocycles. The molecule has 0 amide bonds. The average molecular weight is 523 g/mol. The Hall–Kier alpha value is 0.110. The predicted molar refractivity (Wildman–Crippen MR) is 153 cm³/mol. The van der Waals surface area contributed by atoms with Gasteiger partial charge in [0.25, 0.3) is 0 Å². The van der Waals surface area contributed by atoms with Gasteiger partial charge in [-0.2, -0.15) is 0 Å². The van der Waals surface area contributed by atoms with E-state index >= 15 is 0 Å². The first kappa shape index (κ1) is 29.1. The molecule has 0 bridgehead atoms. The highest BCUT2D eigenvalue weighted by Crippen LogP contribution is 2.69. The highest BCUT2D eigenvalue weighted by molar-refractivity contribution is 7.53. The molecular formula is C31H59N2O2P. The normalized spacial score (nSPS) is 41.9. The van der Waals surface area contributed by atoms with Gasteiger partial charge in [0.05, 0.1) is 6.10 Å². The van der Waals surface area contributed by atoms with Crippen molar-refractivity contribution in [1.82, 2.24) is 9.34 Å². The van der Waals surface area contributed by atoms with Gasteiger partial charge in [-0.05, 0) is 138 Å². The van der Waals surface area contributed by atoms with E-state index in [1.807, 2.05) is 28.2 Å². The monoisotopic (exact) mass is 522 g/mol. The Morgan fingerprint density at radius 1 is 0.833 bits per heavy atom. The minimum Gasteiger partial charge on any atom is -0.303 e. The fourth-order valence-electron chi connectivity index (χ4n) is 10.1. The van der Waals surface area contributed by atoms with E-state index < -0.39 is 7.67 Å². The molecule has 4 aliphatic carbocycles. The van der Waals surface area contributed by atoms with Crippen LogP contribution in [0.2, 0.25) is 0 Å². The molecule has 9 unspecified atom stereocenters. The van der Waals surface area contributed by atoms with Crippen LogP contribution in [0.5, 0.6) is 0 Å². The van der Waals surface area contributed by atoms with Crippen molar-refractivity contribution >= 4 is 7.67 Å². The van der Waals surface area contributed by atoms with Crippen LogP contribution in [0.25, 0.3) is 0 Å². The number of nitrogens with zero attached hydrogens (tertiary/aromatic N) is 2. The Bertz CT molecular complexity index is 787. The first-order valence-electron chi connectivity index (χ1n) is 15.5. The molecule has 0 N–H and O–H groups in total. The third-order valence-electron chi connectivity index (χ3n) is 12.1. The van der Waals surface area contributed by atoms with E-state index in [9.17, 15) is 4.57 Å². The van der Waals surface area contributed by atoms with E-state index in [1.165, 1.54) is 64.2 Å². The zero-order valence-corrected chi connectivity index (χ0v) is 26.2. The summed E-state index contributed by atoms with van der Waals surface area (Å²) in [5.41, 5.74) is 1.03. The molecule has 0 aromatic heterocycles. The summed E-state index contributed by atoms with van der Waals surface area (Å²) in [6.45, 7) is 12.7. The first-order chi connectivity index (χ1) is 16.8. The molecule has 4 fully saturated rings. The summed E-state index contributed by atoms with van der Waals surface area (Å²) in [4.78, 5) is 0. The van der Waals surface area contributed by atoms with Gasteiger partial charge in [0.2, 0.25) is 0 Å². The molecule has 0 aromatic carbocycles. The predicted octanol–water partition coefficient (Wildman–Crippen LogP) is 8.72. The van der Waals surface area contributed by atoms with Crippen LogP contribution < -0.4 is 0 Å². The lowest BCUT2D eigenvalue weighted by Crippen LogP contribution is -2.54. The molecule has 9 atom stereocenters. The fraction of sp³-hybridized carbons (Fsp3) is 1.00. The molecule has 0 saturated heterocycles. The average Bonchev–Trinajstić information content (AvgIpc) is 3.16. The summed E-state index contributed by atoms with van der Waals surface area (Å²) in [6.07, 6.45) is 16.4. The number of fused-ring (bicyclic) bond motifs is 5.